The fourth-order valence-electron chi connectivity index (χ4n) is 3.85. The normalized spacial score (nSPS) is 20.0. The quantitative estimate of drug-likeness (QED) is 0.722. The predicted molar refractivity (Wildman–Crippen MR) is 110 cm³/mol. The van der Waals surface area contributed by atoms with Crippen molar-refractivity contribution in [2.45, 2.75) is 25.9 Å². The maximum atomic E-state index is 12.7. The van der Waals surface area contributed by atoms with Gasteiger partial charge in [-0.1, -0.05) is 6.92 Å². The van der Waals surface area contributed by atoms with Gasteiger partial charge in [0.25, 0.3) is 0 Å². The summed E-state index contributed by atoms with van der Waals surface area (Å²) in [7, 11) is 2.12. The van der Waals surface area contributed by atoms with E-state index in [0.29, 0.717) is 12.5 Å². The number of pyridine rings is 1. The van der Waals surface area contributed by atoms with E-state index in [-0.39, 0.29) is 12.1 Å². The molecule has 0 unspecified atom stereocenters. The number of carbonyl (C=O) groups is 1. The number of nitrogens with one attached hydrogen (secondary N) is 2. The number of hydrogen-bond acceptors (Lipinski definition) is 4. The molecule has 0 radical (unpaired) electrons. The number of hydrogen-bond donors (Lipinski definition) is 2. The highest BCUT2D eigenvalue weighted by Crippen LogP contribution is 2.30. The Bertz CT molecular complexity index is 906. The number of carbonyl (C=O) groups excluding carboxylic acids is 1. The molecule has 0 aliphatic carbocycles. The molecule has 3 aromatic rings. The molecule has 3 aromatic heterocycles. The molecular weight excluding hydrogens is 358 g/mol. The van der Waals surface area contributed by atoms with Crippen LogP contribution in [0.5, 0.6) is 0 Å². The lowest BCUT2D eigenvalue weighted by molar-refractivity contribution is 0.161. The number of likely N-dealkylation sites (N-methyl/N-ethyl adjacent to an activating group) is 1. The molecule has 2 atom stereocenters. The van der Waals surface area contributed by atoms with Crippen molar-refractivity contribution in [1.29, 1.82) is 0 Å². The van der Waals surface area contributed by atoms with Crippen molar-refractivity contribution in [3.8, 4) is 0 Å². The van der Waals surface area contributed by atoms with E-state index in [0.717, 1.165) is 41.8 Å². The lowest BCUT2D eigenvalue weighted by atomic mass is 9.92. The Kier molecular flexibility index (Phi) is 5.03. The number of H-pyrrole nitrogens is 1. The Morgan fingerprint density at radius 1 is 1.44 bits per heavy atom. The van der Waals surface area contributed by atoms with Crippen LogP contribution in [0.2, 0.25) is 0 Å². The van der Waals surface area contributed by atoms with Gasteiger partial charge in [0.2, 0.25) is 0 Å². The third-order valence-electron chi connectivity index (χ3n) is 5.54. The highest BCUT2D eigenvalue weighted by Gasteiger charge is 2.32. The van der Waals surface area contributed by atoms with Gasteiger partial charge in [-0.25, -0.2) is 9.78 Å². The average molecular weight is 384 g/mol. The first kappa shape index (κ1) is 17.9. The SMILES string of the molecule is C[C@@H]1CCN(C(=O)NCc2ccsc2)C[C@@H]1N(C)c1ccnc2[nH]ccc12. The van der Waals surface area contributed by atoms with Gasteiger partial charge in [-0.05, 0) is 46.9 Å². The number of aromatic nitrogens is 2. The van der Waals surface area contributed by atoms with Crippen molar-refractivity contribution < 1.29 is 4.79 Å². The van der Waals surface area contributed by atoms with Crippen LogP contribution in [0.4, 0.5) is 10.5 Å². The van der Waals surface area contributed by atoms with Crippen LogP contribution < -0.4 is 10.2 Å². The van der Waals surface area contributed by atoms with Crippen LogP contribution >= 0.6 is 11.3 Å². The first-order valence-corrected chi connectivity index (χ1v) is 10.3. The zero-order valence-corrected chi connectivity index (χ0v) is 16.5. The zero-order valence-electron chi connectivity index (χ0n) is 15.7. The average Bonchev–Trinajstić information content (AvgIpc) is 3.37. The largest absolute Gasteiger partial charge is 0.369 e. The Labute approximate surface area is 163 Å². The van der Waals surface area contributed by atoms with E-state index in [1.165, 1.54) is 0 Å². The van der Waals surface area contributed by atoms with Gasteiger partial charge < -0.3 is 20.1 Å². The summed E-state index contributed by atoms with van der Waals surface area (Å²) in [5.74, 6) is 0.512. The molecule has 0 spiro atoms. The van der Waals surface area contributed by atoms with Crippen LogP contribution in [-0.4, -0.2) is 47.1 Å². The van der Waals surface area contributed by atoms with Gasteiger partial charge in [0, 0.05) is 56.2 Å². The molecule has 1 fully saturated rings. The van der Waals surface area contributed by atoms with Crippen molar-refractivity contribution in [1.82, 2.24) is 20.2 Å². The zero-order chi connectivity index (χ0) is 18.8. The van der Waals surface area contributed by atoms with Crippen molar-refractivity contribution in [2.75, 3.05) is 25.0 Å². The second kappa shape index (κ2) is 7.60. The van der Waals surface area contributed by atoms with E-state index in [1.54, 1.807) is 11.3 Å². The second-order valence-corrected chi connectivity index (χ2v) is 8.03. The number of anilines is 1. The number of thiophene rings is 1. The highest BCUT2D eigenvalue weighted by atomic mass is 32.1. The first-order chi connectivity index (χ1) is 13.1. The van der Waals surface area contributed by atoms with Gasteiger partial charge in [-0.2, -0.15) is 11.3 Å². The third kappa shape index (κ3) is 3.64. The molecule has 7 heteroatoms. The second-order valence-electron chi connectivity index (χ2n) is 7.25. The van der Waals surface area contributed by atoms with Crippen LogP contribution in [0.25, 0.3) is 11.0 Å². The van der Waals surface area contributed by atoms with Crippen LogP contribution in [0, 0.1) is 5.92 Å². The van der Waals surface area contributed by atoms with Crippen LogP contribution in [0.1, 0.15) is 18.9 Å². The topological polar surface area (TPSA) is 64.3 Å². The highest BCUT2D eigenvalue weighted by molar-refractivity contribution is 7.07. The molecule has 27 heavy (non-hydrogen) atoms. The van der Waals surface area contributed by atoms with Gasteiger partial charge >= 0.3 is 6.03 Å². The minimum atomic E-state index is 0.0213. The Morgan fingerprint density at radius 2 is 2.33 bits per heavy atom. The van der Waals surface area contributed by atoms with Crippen molar-refractivity contribution >= 4 is 34.1 Å². The molecule has 0 aromatic carbocycles. The van der Waals surface area contributed by atoms with Crippen molar-refractivity contribution in [3.05, 3.63) is 46.9 Å². The molecule has 1 aliphatic heterocycles. The van der Waals surface area contributed by atoms with E-state index < -0.39 is 0 Å². The smallest absolute Gasteiger partial charge is 0.317 e. The minimum Gasteiger partial charge on any atom is -0.369 e. The number of likely N-dealkylation sites (tertiary alicyclic amines) is 1. The summed E-state index contributed by atoms with van der Waals surface area (Å²) in [5, 5.41) is 8.27. The standard InChI is InChI=1S/C20H25N5OS/c1-14-5-9-25(20(26)23-11-15-6-10-27-13-15)12-18(14)24(2)17-4-8-22-19-16(17)3-7-21-19/h3-4,6-8,10,13-14,18H,5,9,11-12H2,1-2H3,(H,21,22)(H,23,26)/t14-,18+/m1/s1. The predicted octanol–water partition coefficient (Wildman–Crippen LogP) is 3.68. The number of fused-ring (bicyclic) bond motifs is 1. The van der Waals surface area contributed by atoms with Gasteiger partial charge in [0.15, 0.2) is 0 Å². The number of nitrogens with zero attached hydrogens (tertiary/aromatic N) is 3. The number of urea groups is 1. The van der Waals surface area contributed by atoms with Gasteiger partial charge in [0.05, 0.1) is 0 Å². The molecule has 0 bridgehead atoms. The minimum absolute atomic E-state index is 0.0213. The number of amides is 2. The molecule has 2 amide bonds. The summed E-state index contributed by atoms with van der Waals surface area (Å²) in [6, 6.07) is 6.45. The van der Waals surface area contributed by atoms with Gasteiger partial charge in [-0.3, -0.25) is 0 Å². The third-order valence-corrected chi connectivity index (χ3v) is 6.28. The first-order valence-electron chi connectivity index (χ1n) is 9.32. The molecule has 1 saturated heterocycles. The van der Waals surface area contributed by atoms with Crippen LogP contribution in [0.3, 0.4) is 0 Å². The summed E-state index contributed by atoms with van der Waals surface area (Å²) in [4.78, 5) is 24.5. The fourth-order valence-corrected chi connectivity index (χ4v) is 4.52. The Morgan fingerprint density at radius 3 is 3.15 bits per heavy atom. The molecule has 1 aliphatic rings. The summed E-state index contributed by atoms with van der Waals surface area (Å²) in [6.45, 7) is 4.39. The van der Waals surface area contributed by atoms with Gasteiger partial charge in [0.1, 0.15) is 5.65 Å². The van der Waals surface area contributed by atoms with E-state index in [9.17, 15) is 4.79 Å². The monoisotopic (exact) mass is 383 g/mol. The number of piperidine rings is 1. The van der Waals surface area contributed by atoms with E-state index in [2.05, 4.69) is 51.7 Å². The lowest BCUT2D eigenvalue weighted by Crippen LogP contribution is -2.54. The molecule has 6 nitrogen and oxygen atoms in total. The fraction of sp³-hybridized carbons (Fsp3) is 0.400. The van der Waals surface area contributed by atoms with Crippen LogP contribution in [0.15, 0.2) is 41.4 Å². The van der Waals surface area contributed by atoms with Gasteiger partial charge in [-0.15, -0.1) is 0 Å². The maximum Gasteiger partial charge on any atom is 0.317 e. The van der Waals surface area contributed by atoms with Crippen LogP contribution in [-0.2, 0) is 6.54 Å². The number of aromatic amines is 1. The van der Waals surface area contributed by atoms with Crippen molar-refractivity contribution in [2.24, 2.45) is 5.92 Å². The molecule has 4 heterocycles. The summed E-state index contributed by atoms with van der Waals surface area (Å²) in [5.41, 5.74) is 3.20. The molecule has 2 N–H and O–H groups in total. The molecule has 0 saturated carbocycles. The van der Waals surface area contributed by atoms with E-state index in [4.69, 9.17) is 0 Å². The lowest BCUT2D eigenvalue weighted by Gasteiger charge is -2.42. The summed E-state index contributed by atoms with van der Waals surface area (Å²) < 4.78 is 0. The molecular formula is C20H25N5OS. The maximum absolute atomic E-state index is 12.7. The Hall–Kier alpha value is -2.54. The molecule has 4 rings (SSSR count). The molecule has 142 valence electrons. The van der Waals surface area contributed by atoms with E-state index in [1.807, 2.05) is 28.7 Å². The number of rotatable bonds is 4. The summed E-state index contributed by atoms with van der Waals surface area (Å²) in [6.07, 6.45) is 4.76. The summed E-state index contributed by atoms with van der Waals surface area (Å²) >= 11 is 1.65. The van der Waals surface area contributed by atoms with Crippen molar-refractivity contribution in [3.63, 3.8) is 0 Å². The Balaban J connectivity index is 1.47. The van der Waals surface area contributed by atoms with E-state index >= 15 is 0 Å².